The number of hydrogen-bond acceptors (Lipinski definition) is 7. The third kappa shape index (κ3) is 9.82. The topological polar surface area (TPSA) is 225 Å². The van der Waals surface area contributed by atoms with Crippen LogP contribution >= 0.6 is 0 Å². The van der Waals surface area contributed by atoms with Gasteiger partial charge in [0, 0.05) is 6.42 Å². The van der Waals surface area contributed by atoms with Gasteiger partial charge in [0.1, 0.15) is 18.1 Å². The largest absolute Gasteiger partial charge is 0.481 e. The number of carboxylic acids is 3. The van der Waals surface area contributed by atoms with Gasteiger partial charge in [-0.1, -0.05) is 13.8 Å². The second-order valence-corrected chi connectivity index (χ2v) is 7.00. The lowest BCUT2D eigenvalue weighted by molar-refractivity contribution is -0.147. The summed E-state index contributed by atoms with van der Waals surface area (Å²) < 4.78 is 0. The van der Waals surface area contributed by atoms with Crippen molar-refractivity contribution in [2.75, 3.05) is 0 Å². The first-order valence-electron chi connectivity index (χ1n) is 9.09. The fraction of sp³-hybridized carbons (Fsp3) is 0.647. The predicted octanol–water partition coefficient (Wildman–Crippen LogP) is -2.13. The highest BCUT2D eigenvalue weighted by Gasteiger charge is 2.30. The minimum atomic E-state index is -1.68. The Labute approximate surface area is 172 Å². The van der Waals surface area contributed by atoms with E-state index >= 15 is 0 Å². The molecule has 0 aliphatic rings. The number of amides is 3. The van der Waals surface area contributed by atoms with Crippen molar-refractivity contribution < 1.29 is 44.1 Å². The van der Waals surface area contributed by atoms with Crippen LogP contribution in [-0.4, -0.2) is 75.1 Å². The molecule has 0 fully saturated rings. The van der Waals surface area contributed by atoms with Crippen molar-refractivity contribution in [2.45, 2.75) is 64.2 Å². The quantitative estimate of drug-likeness (QED) is 0.167. The Morgan fingerprint density at radius 2 is 1.37 bits per heavy atom. The maximum atomic E-state index is 12.5. The van der Waals surface area contributed by atoms with Crippen molar-refractivity contribution in [1.82, 2.24) is 16.0 Å². The molecule has 4 atom stereocenters. The molecule has 3 amide bonds. The van der Waals surface area contributed by atoms with Crippen LogP contribution in [0.2, 0.25) is 0 Å². The fourth-order valence-electron chi connectivity index (χ4n) is 2.25. The van der Waals surface area contributed by atoms with Gasteiger partial charge in [0.15, 0.2) is 0 Å². The normalized spacial score (nSPS) is 14.7. The molecule has 8 N–H and O–H groups in total. The molecule has 0 spiro atoms. The first-order valence-corrected chi connectivity index (χ1v) is 9.09. The average molecular weight is 432 g/mol. The van der Waals surface area contributed by atoms with Crippen LogP contribution in [0.5, 0.6) is 0 Å². The van der Waals surface area contributed by atoms with Crippen LogP contribution in [0.25, 0.3) is 0 Å². The maximum Gasteiger partial charge on any atom is 0.326 e. The molecule has 0 radical (unpaired) electrons. The molecule has 13 heteroatoms. The molecule has 4 unspecified atom stereocenters. The standard InChI is InChI=1S/C17H28N4O9/c1-7(2)13(21-15(27)9(18)4-5-11(22)23)16(28)19-8(3)14(26)20-10(17(29)30)6-12(24)25/h7-10,13H,4-6,18H2,1-3H3,(H,19,28)(H,20,26)(H,21,27)(H,22,23)(H,24,25)(H,29,30). The second-order valence-electron chi connectivity index (χ2n) is 7.00. The van der Waals surface area contributed by atoms with Crippen molar-refractivity contribution in [2.24, 2.45) is 11.7 Å². The third-order valence-electron chi connectivity index (χ3n) is 4.00. The number of carbonyl (C=O) groups excluding carboxylic acids is 3. The molecule has 0 rings (SSSR count). The molecule has 0 saturated carbocycles. The van der Waals surface area contributed by atoms with Crippen LogP contribution in [0.15, 0.2) is 0 Å². The lowest BCUT2D eigenvalue weighted by Crippen LogP contribution is -2.57. The minimum absolute atomic E-state index is 0.132. The molecule has 0 bridgehead atoms. The van der Waals surface area contributed by atoms with Crippen LogP contribution < -0.4 is 21.7 Å². The van der Waals surface area contributed by atoms with E-state index in [9.17, 15) is 28.8 Å². The van der Waals surface area contributed by atoms with Gasteiger partial charge < -0.3 is 37.0 Å². The number of hydrogen-bond donors (Lipinski definition) is 7. The summed E-state index contributed by atoms with van der Waals surface area (Å²) in [5, 5.41) is 33.0. The Kier molecular flexibility index (Phi) is 11.0. The summed E-state index contributed by atoms with van der Waals surface area (Å²) in [7, 11) is 0. The summed E-state index contributed by atoms with van der Waals surface area (Å²) in [5.41, 5.74) is 5.61. The van der Waals surface area contributed by atoms with E-state index in [1.165, 1.54) is 6.92 Å². The average Bonchev–Trinajstić information content (AvgIpc) is 2.61. The minimum Gasteiger partial charge on any atom is -0.481 e. The highest BCUT2D eigenvalue weighted by Crippen LogP contribution is 2.05. The number of carboxylic acid groups (broad SMARTS) is 3. The Hall–Kier alpha value is -3.22. The second kappa shape index (κ2) is 12.4. The Balaban J connectivity index is 4.98. The molecule has 0 heterocycles. The first kappa shape index (κ1) is 26.8. The van der Waals surface area contributed by atoms with Crippen molar-refractivity contribution in [3.05, 3.63) is 0 Å². The van der Waals surface area contributed by atoms with E-state index in [2.05, 4.69) is 10.6 Å². The zero-order valence-corrected chi connectivity index (χ0v) is 16.9. The van der Waals surface area contributed by atoms with Gasteiger partial charge >= 0.3 is 17.9 Å². The molecule has 0 aromatic heterocycles. The monoisotopic (exact) mass is 432 g/mol. The number of nitrogens with two attached hydrogens (primary N) is 1. The first-order chi connectivity index (χ1) is 13.8. The number of aliphatic carboxylic acids is 3. The lowest BCUT2D eigenvalue weighted by Gasteiger charge is -2.25. The molecule has 0 saturated heterocycles. The number of rotatable bonds is 13. The van der Waals surface area contributed by atoms with E-state index in [1.807, 2.05) is 5.32 Å². The van der Waals surface area contributed by atoms with E-state index in [0.29, 0.717) is 0 Å². The van der Waals surface area contributed by atoms with Crippen LogP contribution in [0.3, 0.4) is 0 Å². The van der Waals surface area contributed by atoms with E-state index in [1.54, 1.807) is 13.8 Å². The molecule has 0 aliphatic heterocycles. The molecule has 0 aliphatic carbocycles. The molecule has 170 valence electrons. The zero-order valence-electron chi connectivity index (χ0n) is 16.9. The van der Waals surface area contributed by atoms with Gasteiger partial charge in [0.05, 0.1) is 12.5 Å². The number of carbonyl (C=O) groups is 6. The molecule has 0 aromatic carbocycles. The van der Waals surface area contributed by atoms with Crippen molar-refractivity contribution in [3.63, 3.8) is 0 Å². The third-order valence-corrected chi connectivity index (χ3v) is 4.00. The Bertz CT molecular complexity index is 680. The van der Waals surface area contributed by atoms with E-state index in [4.69, 9.17) is 21.1 Å². The Morgan fingerprint density at radius 1 is 0.800 bits per heavy atom. The van der Waals surface area contributed by atoms with Crippen LogP contribution in [0, 0.1) is 5.92 Å². The van der Waals surface area contributed by atoms with Crippen LogP contribution in [0.1, 0.15) is 40.0 Å². The van der Waals surface area contributed by atoms with Gasteiger partial charge in [-0.05, 0) is 19.3 Å². The SMILES string of the molecule is CC(NC(=O)C(NC(=O)C(N)CCC(=O)O)C(C)C)C(=O)NC(CC(=O)O)C(=O)O. The van der Waals surface area contributed by atoms with Gasteiger partial charge in [0.2, 0.25) is 17.7 Å². The summed E-state index contributed by atoms with van der Waals surface area (Å²) >= 11 is 0. The van der Waals surface area contributed by atoms with Crippen molar-refractivity contribution in [3.8, 4) is 0 Å². The van der Waals surface area contributed by atoms with E-state index in [0.717, 1.165) is 0 Å². The molecular weight excluding hydrogens is 404 g/mol. The van der Waals surface area contributed by atoms with Gasteiger partial charge in [-0.15, -0.1) is 0 Å². The summed E-state index contributed by atoms with van der Waals surface area (Å²) in [4.78, 5) is 69.0. The molecule has 30 heavy (non-hydrogen) atoms. The zero-order chi connectivity index (χ0) is 23.6. The summed E-state index contributed by atoms with van der Waals surface area (Å²) in [6.45, 7) is 4.49. The molecular formula is C17H28N4O9. The molecule has 13 nitrogen and oxygen atoms in total. The Morgan fingerprint density at radius 3 is 1.80 bits per heavy atom. The summed E-state index contributed by atoms with van der Waals surface area (Å²) in [6, 6.07) is -5.16. The highest BCUT2D eigenvalue weighted by molar-refractivity contribution is 5.94. The predicted molar refractivity (Wildman–Crippen MR) is 101 cm³/mol. The van der Waals surface area contributed by atoms with Crippen LogP contribution in [0.4, 0.5) is 0 Å². The van der Waals surface area contributed by atoms with Gasteiger partial charge in [-0.3, -0.25) is 24.0 Å². The smallest absolute Gasteiger partial charge is 0.326 e. The lowest BCUT2D eigenvalue weighted by atomic mass is 10.0. The number of nitrogens with one attached hydrogen (secondary N) is 3. The van der Waals surface area contributed by atoms with Gasteiger partial charge in [-0.25, -0.2) is 4.79 Å². The summed E-state index contributed by atoms with van der Waals surface area (Å²) in [5.74, 6) is -6.95. The van der Waals surface area contributed by atoms with Crippen molar-refractivity contribution >= 4 is 35.6 Å². The fourth-order valence-corrected chi connectivity index (χ4v) is 2.25. The summed E-state index contributed by atoms with van der Waals surface area (Å²) in [6.07, 6.45) is -1.31. The van der Waals surface area contributed by atoms with Gasteiger partial charge in [-0.2, -0.15) is 0 Å². The molecule has 0 aromatic rings. The van der Waals surface area contributed by atoms with E-state index < -0.39 is 72.1 Å². The van der Waals surface area contributed by atoms with Crippen molar-refractivity contribution in [1.29, 1.82) is 0 Å². The van der Waals surface area contributed by atoms with Gasteiger partial charge in [0.25, 0.3) is 0 Å². The van der Waals surface area contributed by atoms with E-state index in [-0.39, 0.29) is 12.8 Å². The maximum absolute atomic E-state index is 12.5. The van der Waals surface area contributed by atoms with Crippen LogP contribution in [-0.2, 0) is 28.8 Å². The highest BCUT2D eigenvalue weighted by atomic mass is 16.4.